The van der Waals surface area contributed by atoms with Crippen LogP contribution in [0.2, 0.25) is 0 Å². The molecule has 0 spiro atoms. The van der Waals surface area contributed by atoms with Gasteiger partial charge >= 0.3 is 0 Å². The van der Waals surface area contributed by atoms with Crippen molar-refractivity contribution in [3.8, 4) is 50.2 Å². The molecule has 12 aromatic rings. The molecule has 0 bridgehead atoms. The normalized spacial score (nSPS) is 11.8. The fourth-order valence-electron chi connectivity index (χ4n) is 9.59. The van der Waals surface area contributed by atoms with Crippen molar-refractivity contribution in [2.45, 2.75) is 0 Å². The standard InChI is InChI=1S/C56H35NO/c1-3-17-36(18-4-1)39-27-15-28-46(43-29-16-31-50-54(43)47-26-11-13-30-49(47)57(50)38-19-5-2-6-20-38)55(39)56-44-24-9-7-22-41(44)53(42-23-8-10-25-45(42)56)37-33-34-52-48(35-37)40-21-12-14-32-51(40)58-52/h1-35H. The lowest BCUT2D eigenvalue weighted by Gasteiger charge is -2.22. The first-order valence-corrected chi connectivity index (χ1v) is 19.9. The third-order valence-corrected chi connectivity index (χ3v) is 12.0. The summed E-state index contributed by atoms with van der Waals surface area (Å²) < 4.78 is 8.70. The molecule has 2 heteroatoms. The second-order valence-corrected chi connectivity index (χ2v) is 15.1. The Kier molecular flexibility index (Phi) is 7.26. The van der Waals surface area contributed by atoms with Crippen molar-refractivity contribution in [2.24, 2.45) is 0 Å². The number of hydrogen-bond acceptors (Lipinski definition) is 1. The minimum absolute atomic E-state index is 0.902. The third kappa shape index (κ3) is 4.85. The molecule has 12 rings (SSSR count). The van der Waals surface area contributed by atoms with Crippen LogP contribution >= 0.6 is 0 Å². The molecule has 0 amide bonds. The summed E-state index contributed by atoms with van der Waals surface area (Å²) in [6.07, 6.45) is 0. The summed E-state index contributed by atoms with van der Waals surface area (Å²) in [6, 6.07) is 77.1. The number of benzene rings is 10. The monoisotopic (exact) mass is 737 g/mol. The first-order valence-electron chi connectivity index (χ1n) is 19.9. The number of furan rings is 1. The number of fused-ring (bicyclic) bond motifs is 8. The summed E-state index contributed by atoms with van der Waals surface area (Å²) in [6.45, 7) is 0. The Hall–Kier alpha value is -7.68. The van der Waals surface area contributed by atoms with E-state index >= 15 is 0 Å². The third-order valence-electron chi connectivity index (χ3n) is 12.0. The SMILES string of the molecule is c1ccc(-c2cccc(-c3cccc4c3c3ccccc3n4-c3ccccc3)c2-c2c3ccccc3c(-c3ccc4oc5ccccc5c4c3)c3ccccc23)cc1. The molecule has 2 nitrogen and oxygen atoms in total. The summed E-state index contributed by atoms with van der Waals surface area (Å²) in [5.41, 5.74) is 15.0. The van der Waals surface area contributed by atoms with Crippen molar-refractivity contribution >= 4 is 65.3 Å². The van der Waals surface area contributed by atoms with Gasteiger partial charge in [0.05, 0.1) is 11.0 Å². The summed E-state index contributed by atoms with van der Waals surface area (Å²) >= 11 is 0. The minimum atomic E-state index is 0.902. The molecule has 0 N–H and O–H groups in total. The van der Waals surface area contributed by atoms with Gasteiger partial charge < -0.3 is 8.98 Å². The van der Waals surface area contributed by atoms with E-state index in [9.17, 15) is 0 Å². The van der Waals surface area contributed by atoms with E-state index in [1.165, 1.54) is 87.9 Å². The average Bonchev–Trinajstić information content (AvgIpc) is 3.84. The summed E-state index contributed by atoms with van der Waals surface area (Å²) in [4.78, 5) is 0. The van der Waals surface area contributed by atoms with Crippen molar-refractivity contribution in [1.29, 1.82) is 0 Å². The van der Waals surface area contributed by atoms with Crippen LogP contribution in [0, 0.1) is 0 Å². The van der Waals surface area contributed by atoms with Crippen LogP contribution in [-0.4, -0.2) is 4.57 Å². The Bertz CT molecular complexity index is 3500. The molecule has 0 atom stereocenters. The van der Waals surface area contributed by atoms with E-state index in [0.717, 1.165) is 27.6 Å². The van der Waals surface area contributed by atoms with E-state index in [1.807, 2.05) is 6.07 Å². The zero-order valence-corrected chi connectivity index (χ0v) is 31.6. The van der Waals surface area contributed by atoms with Gasteiger partial charge in [-0.25, -0.2) is 0 Å². The van der Waals surface area contributed by atoms with Crippen molar-refractivity contribution in [1.82, 2.24) is 4.57 Å². The summed E-state index contributed by atoms with van der Waals surface area (Å²) in [7, 11) is 0. The molecule has 58 heavy (non-hydrogen) atoms. The van der Waals surface area contributed by atoms with Crippen LogP contribution in [0.1, 0.15) is 0 Å². The van der Waals surface area contributed by atoms with Gasteiger partial charge in [-0.15, -0.1) is 0 Å². The highest BCUT2D eigenvalue weighted by Crippen LogP contribution is 2.51. The molecule has 0 radical (unpaired) electrons. The predicted molar refractivity (Wildman–Crippen MR) is 245 cm³/mol. The lowest BCUT2D eigenvalue weighted by atomic mass is 9.80. The van der Waals surface area contributed by atoms with Crippen LogP contribution in [0.25, 0.3) is 115 Å². The highest BCUT2D eigenvalue weighted by Gasteiger charge is 2.24. The van der Waals surface area contributed by atoms with Crippen LogP contribution in [-0.2, 0) is 0 Å². The minimum Gasteiger partial charge on any atom is -0.456 e. The van der Waals surface area contributed by atoms with Crippen molar-refractivity contribution < 1.29 is 4.42 Å². The zero-order valence-electron chi connectivity index (χ0n) is 31.6. The Morgan fingerprint density at radius 1 is 0.293 bits per heavy atom. The van der Waals surface area contributed by atoms with E-state index in [-0.39, 0.29) is 0 Å². The van der Waals surface area contributed by atoms with Crippen molar-refractivity contribution in [3.05, 3.63) is 212 Å². The molecule has 0 aliphatic heterocycles. The zero-order chi connectivity index (χ0) is 38.2. The molecular formula is C56H35NO. The van der Waals surface area contributed by atoms with E-state index in [0.29, 0.717) is 0 Å². The van der Waals surface area contributed by atoms with Gasteiger partial charge in [0.2, 0.25) is 0 Å². The smallest absolute Gasteiger partial charge is 0.135 e. The fourth-order valence-corrected chi connectivity index (χ4v) is 9.59. The van der Waals surface area contributed by atoms with Gasteiger partial charge in [-0.05, 0) is 109 Å². The predicted octanol–water partition coefficient (Wildman–Crippen LogP) is 15.7. The van der Waals surface area contributed by atoms with Crippen molar-refractivity contribution in [3.63, 3.8) is 0 Å². The molecule has 2 heterocycles. The molecule has 270 valence electrons. The van der Waals surface area contributed by atoms with Gasteiger partial charge in [0, 0.05) is 27.2 Å². The number of nitrogens with zero attached hydrogens (tertiary/aromatic N) is 1. The quantitative estimate of drug-likeness (QED) is 0.161. The van der Waals surface area contributed by atoms with Gasteiger partial charge in [0.25, 0.3) is 0 Å². The molecule has 0 fully saturated rings. The number of hydrogen-bond donors (Lipinski definition) is 0. The van der Waals surface area contributed by atoms with Gasteiger partial charge in [-0.1, -0.05) is 170 Å². The first kappa shape index (κ1) is 32.6. The second kappa shape index (κ2) is 12.9. The maximum absolute atomic E-state index is 6.29. The molecule has 0 aliphatic rings. The molecule has 0 saturated carbocycles. The largest absolute Gasteiger partial charge is 0.456 e. The Balaban J connectivity index is 1.21. The van der Waals surface area contributed by atoms with Gasteiger partial charge in [0.15, 0.2) is 0 Å². The first-order chi connectivity index (χ1) is 28.8. The number of rotatable bonds is 5. The molecule has 0 unspecified atom stereocenters. The maximum atomic E-state index is 6.29. The van der Waals surface area contributed by atoms with Gasteiger partial charge in [0.1, 0.15) is 11.2 Å². The van der Waals surface area contributed by atoms with Crippen LogP contribution in [0.4, 0.5) is 0 Å². The van der Waals surface area contributed by atoms with Crippen LogP contribution < -0.4 is 0 Å². The van der Waals surface area contributed by atoms with E-state index in [2.05, 4.69) is 211 Å². The van der Waals surface area contributed by atoms with Gasteiger partial charge in [-0.3, -0.25) is 0 Å². The Morgan fingerprint density at radius 3 is 1.57 bits per heavy atom. The number of para-hydroxylation sites is 3. The Labute approximate surface area is 335 Å². The van der Waals surface area contributed by atoms with E-state index < -0.39 is 0 Å². The van der Waals surface area contributed by atoms with Crippen LogP contribution in [0.3, 0.4) is 0 Å². The highest BCUT2D eigenvalue weighted by molar-refractivity contribution is 6.26. The molecular weight excluding hydrogens is 703 g/mol. The molecule has 0 aliphatic carbocycles. The topological polar surface area (TPSA) is 18.1 Å². The lowest BCUT2D eigenvalue weighted by Crippen LogP contribution is -1.96. The molecule has 0 saturated heterocycles. The highest BCUT2D eigenvalue weighted by atomic mass is 16.3. The average molecular weight is 738 g/mol. The molecule has 2 aromatic heterocycles. The summed E-state index contributed by atoms with van der Waals surface area (Å²) in [5, 5.41) is 9.62. The van der Waals surface area contributed by atoms with Crippen LogP contribution in [0.15, 0.2) is 217 Å². The summed E-state index contributed by atoms with van der Waals surface area (Å²) in [5.74, 6) is 0. The van der Waals surface area contributed by atoms with E-state index in [1.54, 1.807) is 0 Å². The Morgan fingerprint density at radius 2 is 0.828 bits per heavy atom. The van der Waals surface area contributed by atoms with Crippen LogP contribution in [0.5, 0.6) is 0 Å². The number of aromatic nitrogens is 1. The second-order valence-electron chi connectivity index (χ2n) is 15.1. The van der Waals surface area contributed by atoms with Crippen molar-refractivity contribution in [2.75, 3.05) is 0 Å². The molecule has 10 aromatic carbocycles. The van der Waals surface area contributed by atoms with Gasteiger partial charge in [-0.2, -0.15) is 0 Å². The van der Waals surface area contributed by atoms with E-state index in [4.69, 9.17) is 4.42 Å². The lowest BCUT2D eigenvalue weighted by molar-refractivity contribution is 0.669. The fraction of sp³-hybridized carbons (Fsp3) is 0. The maximum Gasteiger partial charge on any atom is 0.135 e.